The molecule has 2 aliphatic rings. The third-order valence-electron chi connectivity index (χ3n) is 4.59. The maximum atomic E-state index is 12.7. The predicted molar refractivity (Wildman–Crippen MR) is 99.5 cm³/mol. The van der Waals surface area contributed by atoms with Crippen molar-refractivity contribution in [3.05, 3.63) is 42.4 Å². The summed E-state index contributed by atoms with van der Waals surface area (Å²) in [6, 6.07) is 6.26. The summed E-state index contributed by atoms with van der Waals surface area (Å²) in [5.74, 6) is 0. The molecule has 0 aromatic carbocycles. The number of aromatic nitrogens is 4. The first-order chi connectivity index (χ1) is 13.1. The molecule has 0 bridgehead atoms. The van der Waals surface area contributed by atoms with Crippen molar-refractivity contribution in [1.29, 1.82) is 0 Å². The molecule has 9 nitrogen and oxygen atoms in total. The van der Waals surface area contributed by atoms with Crippen molar-refractivity contribution in [2.45, 2.75) is 17.0 Å². The van der Waals surface area contributed by atoms with E-state index in [1.165, 1.54) is 15.6 Å². The van der Waals surface area contributed by atoms with Gasteiger partial charge in [0.05, 0.1) is 11.7 Å². The summed E-state index contributed by atoms with van der Waals surface area (Å²) in [7, 11) is -2.06. The van der Waals surface area contributed by atoms with Crippen molar-refractivity contribution < 1.29 is 8.42 Å². The second-order valence-corrected chi connectivity index (χ2v) is 9.07. The van der Waals surface area contributed by atoms with Crippen LogP contribution < -0.4 is 5.43 Å². The third-order valence-corrected chi connectivity index (χ3v) is 7.49. The van der Waals surface area contributed by atoms with Gasteiger partial charge in [-0.2, -0.15) is 9.41 Å². The molecule has 2 unspecified atom stereocenters. The lowest BCUT2D eigenvalue weighted by Gasteiger charge is -2.33. The van der Waals surface area contributed by atoms with Crippen molar-refractivity contribution in [1.82, 2.24) is 29.9 Å². The highest BCUT2D eigenvalue weighted by Gasteiger charge is 2.45. The fourth-order valence-electron chi connectivity index (χ4n) is 3.16. The number of pyridine rings is 2. The van der Waals surface area contributed by atoms with Crippen molar-refractivity contribution in [2.75, 3.05) is 7.05 Å². The number of nitrogens with one attached hydrogen (secondary N) is 1. The fourth-order valence-corrected chi connectivity index (χ4v) is 5.45. The van der Waals surface area contributed by atoms with Gasteiger partial charge in [-0.05, 0) is 24.3 Å². The highest BCUT2D eigenvalue weighted by Crippen LogP contribution is 2.38. The normalized spacial score (nSPS) is 22.9. The van der Waals surface area contributed by atoms with Crippen LogP contribution in [0.3, 0.4) is 0 Å². The maximum absolute atomic E-state index is 12.7. The zero-order valence-electron chi connectivity index (χ0n) is 14.0. The molecule has 2 atom stereocenters. The molecule has 0 amide bonds. The Labute approximate surface area is 158 Å². The molecule has 3 aromatic heterocycles. The Hall–Kier alpha value is -2.76. The Morgan fingerprint density at radius 2 is 2.04 bits per heavy atom. The molecule has 136 valence electrons. The molecule has 0 aliphatic carbocycles. The van der Waals surface area contributed by atoms with Gasteiger partial charge in [-0.1, -0.05) is 11.3 Å². The fraction of sp³-hybridized carbons (Fsp3) is 0.188. The summed E-state index contributed by atoms with van der Waals surface area (Å²) in [4.78, 5) is 8.88. The minimum atomic E-state index is -3.61. The molecule has 5 heterocycles. The van der Waals surface area contributed by atoms with Crippen molar-refractivity contribution >= 4 is 27.6 Å². The quantitative estimate of drug-likeness (QED) is 0.691. The Morgan fingerprint density at radius 1 is 1.19 bits per heavy atom. The molecule has 0 spiro atoms. The van der Waals surface area contributed by atoms with E-state index in [4.69, 9.17) is 0 Å². The largest absolute Gasteiger partial charge is 0.299 e. The van der Waals surface area contributed by atoms with Gasteiger partial charge in [0.1, 0.15) is 21.6 Å². The van der Waals surface area contributed by atoms with E-state index in [9.17, 15) is 8.42 Å². The van der Waals surface area contributed by atoms with E-state index >= 15 is 0 Å². The molecular formula is C16H13N7O2S2. The van der Waals surface area contributed by atoms with Crippen LogP contribution >= 0.6 is 11.3 Å². The lowest BCUT2D eigenvalue weighted by atomic mass is 10.1. The number of hydrogen-bond donors (Lipinski definition) is 1. The molecular weight excluding hydrogens is 386 g/mol. The highest BCUT2D eigenvalue weighted by atomic mass is 32.2. The van der Waals surface area contributed by atoms with Gasteiger partial charge in [0.15, 0.2) is 5.01 Å². The number of sulfonamides is 1. The SMILES string of the molecule is CN1C2C=NNC2c2nc(-c3nnc(-c4cccnc4)s3)ccc2S1(=O)=O. The van der Waals surface area contributed by atoms with Crippen LogP contribution in [0.4, 0.5) is 0 Å². The first kappa shape index (κ1) is 16.4. The van der Waals surface area contributed by atoms with E-state index in [1.54, 1.807) is 37.8 Å². The minimum Gasteiger partial charge on any atom is -0.299 e. The summed E-state index contributed by atoms with van der Waals surface area (Å²) in [6.07, 6.45) is 5.00. The molecule has 0 saturated heterocycles. The third kappa shape index (κ3) is 2.46. The number of hydrogen-bond acceptors (Lipinski definition) is 9. The number of fused-ring (bicyclic) bond motifs is 3. The van der Waals surface area contributed by atoms with Gasteiger partial charge >= 0.3 is 0 Å². The summed E-state index contributed by atoms with van der Waals surface area (Å²) < 4.78 is 26.8. The van der Waals surface area contributed by atoms with Crippen molar-refractivity contribution in [3.63, 3.8) is 0 Å². The second-order valence-electron chi connectivity index (χ2n) is 6.13. The van der Waals surface area contributed by atoms with E-state index < -0.39 is 16.1 Å². The van der Waals surface area contributed by atoms with Gasteiger partial charge in [0, 0.05) is 31.2 Å². The molecule has 27 heavy (non-hydrogen) atoms. The Morgan fingerprint density at radius 3 is 2.85 bits per heavy atom. The number of likely N-dealkylation sites (N-methyl/N-ethyl adjacent to an activating group) is 1. The summed E-state index contributed by atoms with van der Waals surface area (Å²) in [5.41, 5.74) is 4.85. The summed E-state index contributed by atoms with van der Waals surface area (Å²) >= 11 is 1.38. The second kappa shape index (κ2) is 5.87. The summed E-state index contributed by atoms with van der Waals surface area (Å²) in [6.45, 7) is 0. The smallest absolute Gasteiger partial charge is 0.245 e. The van der Waals surface area contributed by atoms with Crippen molar-refractivity contribution in [2.24, 2.45) is 5.10 Å². The van der Waals surface area contributed by atoms with E-state index in [2.05, 4.69) is 30.7 Å². The Kier molecular flexibility index (Phi) is 3.57. The van der Waals surface area contributed by atoms with Crippen molar-refractivity contribution in [3.8, 4) is 21.3 Å². The molecule has 3 aromatic rings. The van der Waals surface area contributed by atoms with Crippen LogP contribution in [0.5, 0.6) is 0 Å². The van der Waals surface area contributed by atoms with Crippen LogP contribution in [-0.4, -0.2) is 52.2 Å². The Bertz CT molecular complexity index is 1160. The lowest BCUT2D eigenvalue weighted by molar-refractivity contribution is 0.354. The zero-order valence-corrected chi connectivity index (χ0v) is 15.6. The molecule has 0 fully saturated rings. The van der Waals surface area contributed by atoms with Gasteiger partial charge in [-0.3, -0.25) is 10.4 Å². The average molecular weight is 399 g/mol. The molecule has 1 N–H and O–H groups in total. The standard InChI is InChI=1S/C16H13N7O2S2/c1-23-11-8-18-20-13(11)14-12(27(23,24)25)5-4-10(19-14)16-22-21-15(26-16)9-3-2-6-17-7-9/h2-8,11,13,20H,1H3. The maximum Gasteiger partial charge on any atom is 0.245 e. The highest BCUT2D eigenvalue weighted by molar-refractivity contribution is 7.89. The van der Waals surface area contributed by atoms with E-state index in [0.29, 0.717) is 16.4 Å². The number of rotatable bonds is 2. The predicted octanol–water partition coefficient (Wildman–Crippen LogP) is 1.29. The van der Waals surface area contributed by atoms with Crippen LogP contribution in [0, 0.1) is 0 Å². The van der Waals surface area contributed by atoms with Crippen LogP contribution in [0.2, 0.25) is 0 Å². The molecule has 5 rings (SSSR count). The van der Waals surface area contributed by atoms with Gasteiger partial charge < -0.3 is 0 Å². The lowest BCUT2D eigenvalue weighted by Crippen LogP contribution is -2.47. The minimum absolute atomic E-state index is 0.185. The molecule has 0 radical (unpaired) electrons. The van der Waals surface area contributed by atoms with Gasteiger partial charge in [0.2, 0.25) is 10.0 Å². The van der Waals surface area contributed by atoms with Gasteiger partial charge in [-0.15, -0.1) is 10.2 Å². The summed E-state index contributed by atoms with van der Waals surface area (Å²) in [5, 5.41) is 13.8. The van der Waals surface area contributed by atoms with E-state index in [1.807, 2.05) is 12.1 Å². The van der Waals surface area contributed by atoms with Crippen LogP contribution in [0.25, 0.3) is 21.3 Å². The molecule has 11 heteroatoms. The van der Waals surface area contributed by atoms with Gasteiger partial charge in [0.25, 0.3) is 0 Å². The Balaban J connectivity index is 1.59. The number of hydrazone groups is 1. The number of nitrogens with zero attached hydrogens (tertiary/aromatic N) is 6. The van der Waals surface area contributed by atoms with Crippen LogP contribution in [-0.2, 0) is 10.0 Å². The van der Waals surface area contributed by atoms with Gasteiger partial charge in [-0.25, -0.2) is 13.4 Å². The first-order valence-electron chi connectivity index (χ1n) is 8.08. The topological polar surface area (TPSA) is 113 Å². The van der Waals surface area contributed by atoms with E-state index in [0.717, 1.165) is 10.6 Å². The molecule has 2 aliphatic heterocycles. The van der Waals surface area contributed by atoms with Crippen LogP contribution in [0.15, 0.2) is 46.7 Å². The zero-order chi connectivity index (χ0) is 18.6. The average Bonchev–Trinajstić information content (AvgIpc) is 3.37. The van der Waals surface area contributed by atoms with E-state index in [-0.39, 0.29) is 10.9 Å². The molecule has 0 saturated carbocycles. The first-order valence-corrected chi connectivity index (χ1v) is 10.3. The monoisotopic (exact) mass is 399 g/mol. The van der Waals surface area contributed by atoms with Crippen LogP contribution in [0.1, 0.15) is 11.7 Å².